The van der Waals surface area contributed by atoms with Gasteiger partial charge in [0.1, 0.15) is 0 Å². The second kappa shape index (κ2) is 5.97. The molecule has 0 N–H and O–H groups in total. The van der Waals surface area contributed by atoms with Crippen LogP contribution in [0.2, 0.25) is 0 Å². The van der Waals surface area contributed by atoms with Crippen molar-refractivity contribution in [2.75, 3.05) is 33.7 Å². The summed E-state index contributed by atoms with van der Waals surface area (Å²) in [7, 11) is 3.93. The van der Waals surface area contributed by atoms with E-state index in [0.29, 0.717) is 0 Å². The van der Waals surface area contributed by atoms with Gasteiger partial charge in [-0.2, -0.15) is 0 Å². The quantitative estimate of drug-likeness (QED) is 0.564. The minimum absolute atomic E-state index is 0.160. The summed E-state index contributed by atoms with van der Waals surface area (Å²) in [6.07, 6.45) is 0. The van der Waals surface area contributed by atoms with Crippen molar-refractivity contribution in [1.82, 2.24) is 9.80 Å². The van der Waals surface area contributed by atoms with Gasteiger partial charge in [0.05, 0.1) is 0 Å². The zero-order chi connectivity index (χ0) is 10.4. The normalized spacial score (nSPS) is 24.8. The molecule has 0 aromatic carbocycles. The molecule has 1 aliphatic heterocycles. The second-order valence-electron chi connectivity index (χ2n) is 3.42. The van der Waals surface area contributed by atoms with Gasteiger partial charge in [-0.3, -0.25) is 4.79 Å². The van der Waals surface area contributed by atoms with Crippen LogP contribution in [-0.2, 0) is 4.79 Å². The predicted molar refractivity (Wildman–Crippen MR) is 55.6 cm³/mol. The van der Waals surface area contributed by atoms with Crippen molar-refractivity contribution >= 4 is 5.91 Å². The van der Waals surface area contributed by atoms with E-state index in [0.717, 1.165) is 19.6 Å². The van der Waals surface area contributed by atoms with E-state index in [2.05, 4.69) is 11.9 Å². The average Bonchev–Trinajstić information content (AvgIpc) is 2.24. The van der Waals surface area contributed by atoms with Gasteiger partial charge in [-0.15, -0.1) is 0 Å². The van der Waals surface area contributed by atoms with Gasteiger partial charge in [0, 0.05) is 32.6 Å². The van der Waals surface area contributed by atoms with Crippen LogP contribution in [0.3, 0.4) is 0 Å². The number of amides is 1. The van der Waals surface area contributed by atoms with Crippen molar-refractivity contribution in [2.45, 2.75) is 20.8 Å². The molecule has 3 nitrogen and oxygen atoms in total. The van der Waals surface area contributed by atoms with Gasteiger partial charge < -0.3 is 9.80 Å². The molecule has 1 amide bonds. The lowest BCUT2D eigenvalue weighted by Crippen LogP contribution is -2.31. The van der Waals surface area contributed by atoms with E-state index in [1.807, 2.05) is 32.7 Å². The topological polar surface area (TPSA) is 23.6 Å². The van der Waals surface area contributed by atoms with Gasteiger partial charge in [-0.05, 0) is 7.05 Å². The number of nitrogens with zero attached hydrogens (tertiary/aromatic N) is 2. The van der Waals surface area contributed by atoms with Gasteiger partial charge in [0.15, 0.2) is 0 Å². The second-order valence-corrected chi connectivity index (χ2v) is 3.42. The zero-order valence-corrected chi connectivity index (χ0v) is 9.50. The molecule has 0 radical (unpaired) electrons. The van der Waals surface area contributed by atoms with E-state index in [-0.39, 0.29) is 11.8 Å². The van der Waals surface area contributed by atoms with Crippen LogP contribution in [0, 0.1) is 5.92 Å². The Balaban J connectivity index is 0.000000671. The Hall–Kier alpha value is -0.570. The Labute approximate surface area is 81.7 Å². The third-order valence-corrected chi connectivity index (χ3v) is 2.20. The summed E-state index contributed by atoms with van der Waals surface area (Å²) < 4.78 is 0. The first-order chi connectivity index (χ1) is 6.11. The fourth-order valence-corrected chi connectivity index (χ4v) is 1.44. The monoisotopic (exact) mass is 186 g/mol. The Morgan fingerprint density at radius 1 is 1.23 bits per heavy atom. The first kappa shape index (κ1) is 12.4. The Bertz CT molecular complexity index is 159. The fraction of sp³-hybridized carbons (Fsp3) is 0.900. The van der Waals surface area contributed by atoms with Crippen LogP contribution in [0.5, 0.6) is 0 Å². The van der Waals surface area contributed by atoms with E-state index >= 15 is 0 Å². The van der Waals surface area contributed by atoms with Crippen molar-refractivity contribution in [3.05, 3.63) is 0 Å². The smallest absolute Gasteiger partial charge is 0.226 e. The minimum Gasteiger partial charge on any atom is -0.344 e. The highest BCUT2D eigenvalue weighted by atomic mass is 16.2. The zero-order valence-electron chi connectivity index (χ0n) is 9.50. The van der Waals surface area contributed by atoms with Gasteiger partial charge in [-0.1, -0.05) is 20.8 Å². The summed E-state index contributed by atoms with van der Waals surface area (Å²) in [5.41, 5.74) is 0. The molecular formula is C10H22N2O. The molecule has 0 aromatic heterocycles. The molecule has 1 aliphatic rings. The first-order valence-electron chi connectivity index (χ1n) is 5.05. The molecule has 0 saturated carbocycles. The number of rotatable bonds is 0. The lowest BCUT2D eigenvalue weighted by Gasteiger charge is -2.15. The molecule has 1 fully saturated rings. The summed E-state index contributed by atoms with van der Waals surface area (Å²) in [4.78, 5) is 15.4. The molecule has 1 saturated heterocycles. The summed E-state index contributed by atoms with van der Waals surface area (Å²) >= 11 is 0. The lowest BCUT2D eigenvalue weighted by atomic mass is 10.1. The molecule has 0 aromatic rings. The molecule has 3 heteroatoms. The molecule has 0 aliphatic carbocycles. The third-order valence-electron chi connectivity index (χ3n) is 2.20. The Morgan fingerprint density at radius 2 is 1.77 bits per heavy atom. The van der Waals surface area contributed by atoms with Crippen LogP contribution >= 0.6 is 0 Å². The number of likely N-dealkylation sites (N-methyl/N-ethyl adjacent to an activating group) is 2. The van der Waals surface area contributed by atoms with Crippen molar-refractivity contribution in [3.8, 4) is 0 Å². The number of carbonyl (C=O) groups is 1. The molecule has 0 bridgehead atoms. The van der Waals surface area contributed by atoms with Crippen LogP contribution < -0.4 is 0 Å². The maximum absolute atomic E-state index is 11.4. The fourth-order valence-electron chi connectivity index (χ4n) is 1.44. The van der Waals surface area contributed by atoms with Gasteiger partial charge in [0.2, 0.25) is 5.91 Å². The van der Waals surface area contributed by atoms with Crippen molar-refractivity contribution < 1.29 is 4.79 Å². The van der Waals surface area contributed by atoms with Crippen LogP contribution in [0.4, 0.5) is 0 Å². The third kappa shape index (κ3) is 3.77. The Kier molecular flexibility index (Phi) is 5.71. The van der Waals surface area contributed by atoms with Crippen LogP contribution in [0.25, 0.3) is 0 Å². The number of hydrogen-bond donors (Lipinski definition) is 0. The highest BCUT2D eigenvalue weighted by Crippen LogP contribution is 2.06. The number of hydrogen-bond acceptors (Lipinski definition) is 2. The lowest BCUT2D eigenvalue weighted by molar-refractivity contribution is -0.132. The average molecular weight is 186 g/mol. The van der Waals surface area contributed by atoms with E-state index in [1.54, 1.807) is 0 Å². The highest BCUT2D eigenvalue weighted by Gasteiger charge is 2.22. The summed E-state index contributed by atoms with van der Waals surface area (Å²) in [6.45, 7) is 8.73. The standard InChI is InChI=1S/C8H16N2O.C2H6/c1-7-6-9(2)4-5-10(3)8(7)11;1-2/h7H,4-6H2,1-3H3;1-2H3. The van der Waals surface area contributed by atoms with E-state index < -0.39 is 0 Å². The molecule has 13 heavy (non-hydrogen) atoms. The summed E-state index contributed by atoms with van der Waals surface area (Å²) in [5, 5.41) is 0. The first-order valence-corrected chi connectivity index (χ1v) is 5.05. The van der Waals surface area contributed by atoms with Crippen LogP contribution in [0.1, 0.15) is 20.8 Å². The van der Waals surface area contributed by atoms with Crippen molar-refractivity contribution in [1.29, 1.82) is 0 Å². The van der Waals surface area contributed by atoms with Crippen LogP contribution in [-0.4, -0.2) is 49.4 Å². The molecule has 0 spiro atoms. The maximum atomic E-state index is 11.4. The van der Waals surface area contributed by atoms with Gasteiger partial charge in [-0.25, -0.2) is 0 Å². The molecule has 78 valence electrons. The van der Waals surface area contributed by atoms with E-state index in [1.165, 1.54) is 0 Å². The van der Waals surface area contributed by atoms with E-state index in [9.17, 15) is 4.79 Å². The van der Waals surface area contributed by atoms with Gasteiger partial charge in [0.25, 0.3) is 0 Å². The Morgan fingerprint density at radius 3 is 2.31 bits per heavy atom. The molecule has 1 heterocycles. The summed E-state index contributed by atoms with van der Waals surface area (Å²) in [6, 6.07) is 0. The van der Waals surface area contributed by atoms with Crippen LogP contribution in [0.15, 0.2) is 0 Å². The van der Waals surface area contributed by atoms with Crippen molar-refractivity contribution in [3.63, 3.8) is 0 Å². The molecule has 1 unspecified atom stereocenters. The maximum Gasteiger partial charge on any atom is 0.226 e. The summed E-state index contributed by atoms with van der Waals surface area (Å²) in [5.74, 6) is 0.432. The minimum atomic E-state index is 0.160. The van der Waals surface area contributed by atoms with E-state index in [4.69, 9.17) is 0 Å². The predicted octanol–water partition coefficient (Wildman–Crippen LogP) is 1.05. The molecule has 1 atom stereocenters. The largest absolute Gasteiger partial charge is 0.344 e. The SMILES string of the molecule is CC.CC1CN(C)CCN(C)C1=O. The number of carbonyl (C=O) groups excluding carboxylic acids is 1. The highest BCUT2D eigenvalue weighted by molar-refractivity contribution is 5.78. The molecular weight excluding hydrogens is 164 g/mol. The van der Waals surface area contributed by atoms with Gasteiger partial charge >= 0.3 is 0 Å². The molecule has 1 rings (SSSR count). The van der Waals surface area contributed by atoms with Crippen molar-refractivity contribution in [2.24, 2.45) is 5.92 Å².